The van der Waals surface area contributed by atoms with E-state index in [1.54, 1.807) is 6.08 Å². The van der Waals surface area contributed by atoms with Crippen LogP contribution >= 0.6 is 0 Å². The normalized spacial score (nSPS) is 40.5. The van der Waals surface area contributed by atoms with Gasteiger partial charge in [0.05, 0.1) is 0 Å². The molecule has 7 heteroatoms. The quantitative estimate of drug-likeness (QED) is 0.614. The Hall–Kier alpha value is -2.31. The number of ketones is 3. The Morgan fingerprint density at radius 2 is 1.81 bits per heavy atom. The zero-order valence-electron chi connectivity index (χ0n) is 19.3. The summed E-state index contributed by atoms with van der Waals surface area (Å²) in [6.45, 7) is 6.45. The van der Waals surface area contributed by atoms with Crippen molar-refractivity contribution in [1.82, 2.24) is 0 Å². The number of Topliss-reactive ketones (excluding diaryl/α,β-unsaturated/α-hetero) is 2. The number of rotatable bonds is 4. The van der Waals surface area contributed by atoms with Crippen molar-refractivity contribution in [2.45, 2.75) is 72.3 Å². The van der Waals surface area contributed by atoms with E-state index in [4.69, 9.17) is 9.47 Å². The monoisotopic (exact) mass is 444 g/mol. The molecule has 1 unspecified atom stereocenters. The van der Waals surface area contributed by atoms with Crippen LogP contribution in [0.15, 0.2) is 11.6 Å². The van der Waals surface area contributed by atoms with Crippen LogP contribution in [-0.4, -0.2) is 42.0 Å². The van der Waals surface area contributed by atoms with Gasteiger partial charge in [0, 0.05) is 43.9 Å². The number of carbonyl (C=O) groups is 5. The fourth-order valence-electron chi connectivity index (χ4n) is 7.53. The number of fused-ring (bicyclic) bond motifs is 5. The van der Waals surface area contributed by atoms with Crippen molar-refractivity contribution in [2.75, 3.05) is 6.61 Å². The van der Waals surface area contributed by atoms with Gasteiger partial charge in [-0.2, -0.15) is 0 Å². The number of ether oxygens (including phenoxy) is 2. The molecule has 0 spiro atoms. The topological polar surface area (TPSA) is 104 Å². The van der Waals surface area contributed by atoms with Crippen LogP contribution in [0.1, 0.15) is 66.2 Å². The first-order valence-electron chi connectivity index (χ1n) is 11.6. The smallest absolute Gasteiger partial charge is 0.303 e. The molecule has 0 aliphatic heterocycles. The molecule has 0 saturated heterocycles. The van der Waals surface area contributed by atoms with Crippen LogP contribution in [-0.2, 0) is 33.4 Å². The maximum Gasteiger partial charge on any atom is 0.303 e. The summed E-state index contributed by atoms with van der Waals surface area (Å²) in [6, 6.07) is 0. The highest BCUT2D eigenvalue weighted by Crippen LogP contribution is 2.66. The molecule has 3 saturated carbocycles. The molecular weight excluding hydrogens is 412 g/mol. The van der Waals surface area contributed by atoms with E-state index in [9.17, 15) is 24.0 Å². The molecule has 0 aromatic rings. The van der Waals surface area contributed by atoms with Crippen molar-refractivity contribution in [3.8, 4) is 0 Å². The molecule has 4 aliphatic carbocycles. The van der Waals surface area contributed by atoms with Crippen LogP contribution in [0.3, 0.4) is 0 Å². The molecule has 0 aromatic heterocycles. The minimum Gasteiger partial charge on any atom is -0.458 e. The summed E-state index contributed by atoms with van der Waals surface area (Å²) >= 11 is 0. The minimum absolute atomic E-state index is 0.0122. The van der Waals surface area contributed by atoms with Crippen molar-refractivity contribution in [3.63, 3.8) is 0 Å². The van der Waals surface area contributed by atoms with E-state index in [-0.39, 0.29) is 47.6 Å². The van der Waals surface area contributed by atoms with Gasteiger partial charge < -0.3 is 9.47 Å². The van der Waals surface area contributed by atoms with Gasteiger partial charge in [0.2, 0.25) is 0 Å². The van der Waals surface area contributed by atoms with E-state index < -0.39 is 28.9 Å². The van der Waals surface area contributed by atoms with Crippen molar-refractivity contribution in [1.29, 1.82) is 0 Å². The second-order valence-corrected chi connectivity index (χ2v) is 10.6. The molecule has 3 fully saturated rings. The van der Waals surface area contributed by atoms with Crippen molar-refractivity contribution in [3.05, 3.63) is 11.6 Å². The largest absolute Gasteiger partial charge is 0.458 e. The molecule has 0 radical (unpaired) electrons. The molecule has 0 aromatic carbocycles. The Balaban J connectivity index is 1.69. The highest BCUT2D eigenvalue weighted by atomic mass is 16.5. The first kappa shape index (κ1) is 22.9. The molecule has 174 valence electrons. The molecule has 4 aliphatic rings. The van der Waals surface area contributed by atoms with Gasteiger partial charge >= 0.3 is 11.9 Å². The molecule has 0 N–H and O–H groups in total. The van der Waals surface area contributed by atoms with Gasteiger partial charge in [0.25, 0.3) is 0 Å². The van der Waals surface area contributed by atoms with E-state index in [2.05, 4.69) is 0 Å². The Morgan fingerprint density at radius 1 is 1.09 bits per heavy atom. The third-order valence-corrected chi connectivity index (χ3v) is 8.76. The van der Waals surface area contributed by atoms with Gasteiger partial charge in [-0.25, -0.2) is 0 Å². The Morgan fingerprint density at radius 3 is 2.47 bits per heavy atom. The number of hydrogen-bond acceptors (Lipinski definition) is 7. The number of esters is 2. The Labute approximate surface area is 188 Å². The fourth-order valence-corrected chi connectivity index (χ4v) is 7.53. The first-order chi connectivity index (χ1) is 15.0. The van der Waals surface area contributed by atoms with Gasteiger partial charge in [0.1, 0.15) is 18.5 Å². The lowest BCUT2D eigenvalue weighted by atomic mass is 9.45. The Bertz CT molecular complexity index is 917. The van der Waals surface area contributed by atoms with Gasteiger partial charge in [-0.1, -0.05) is 13.8 Å². The van der Waals surface area contributed by atoms with Crippen LogP contribution in [0.5, 0.6) is 0 Å². The van der Waals surface area contributed by atoms with E-state index in [1.165, 1.54) is 13.8 Å². The second kappa shape index (κ2) is 7.92. The predicted molar refractivity (Wildman–Crippen MR) is 113 cm³/mol. The number of hydrogen-bond donors (Lipinski definition) is 0. The molecule has 0 heterocycles. The van der Waals surface area contributed by atoms with Gasteiger partial charge in [-0.05, 0) is 54.6 Å². The maximum absolute atomic E-state index is 13.7. The SMILES string of the molecule is CC(=O)OCC(=O)[C@H]1CC[C@H]2[C@@H]3CC(OC(C)=O)C4=CC(=O)CC[C@]4(C)[C@H]3C(=O)C[C@]12C. The lowest BCUT2D eigenvalue weighted by Gasteiger charge is -2.58. The van der Waals surface area contributed by atoms with Crippen LogP contribution < -0.4 is 0 Å². The zero-order valence-corrected chi connectivity index (χ0v) is 19.3. The van der Waals surface area contributed by atoms with Crippen LogP contribution in [0.25, 0.3) is 0 Å². The van der Waals surface area contributed by atoms with Crippen LogP contribution in [0.2, 0.25) is 0 Å². The lowest BCUT2D eigenvalue weighted by Crippen LogP contribution is -2.58. The minimum atomic E-state index is -0.519. The van der Waals surface area contributed by atoms with Gasteiger partial charge in [0.15, 0.2) is 11.6 Å². The average Bonchev–Trinajstić information content (AvgIpc) is 3.03. The van der Waals surface area contributed by atoms with Crippen molar-refractivity contribution < 1.29 is 33.4 Å². The maximum atomic E-state index is 13.7. The van der Waals surface area contributed by atoms with E-state index >= 15 is 0 Å². The van der Waals surface area contributed by atoms with Gasteiger partial charge in [-0.15, -0.1) is 0 Å². The predicted octanol–water partition coefficient (Wildman–Crippen LogP) is 2.99. The molecule has 7 atom stereocenters. The third-order valence-electron chi connectivity index (χ3n) is 8.76. The molecule has 4 rings (SSSR count). The fraction of sp³-hybridized carbons (Fsp3) is 0.720. The third kappa shape index (κ3) is 3.54. The highest BCUT2D eigenvalue weighted by molar-refractivity contribution is 5.94. The summed E-state index contributed by atoms with van der Waals surface area (Å²) in [6.07, 6.45) is 4.31. The summed E-state index contributed by atoms with van der Waals surface area (Å²) in [7, 11) is 0. The molecule has 0 bridgehead atoms. The van der Waals surface area contributed by atoms with E-state index in [1.807, 2.05) is 13.8 Å². The summed E-state index contributed by atoms with van der Waals surface area (Å²) in [5.41, 5.74) is -0.240. The summed E-state index contributed by atoms with van der Waals surface area (Å²) < 4.78 is 10.6. The standard InChI is InChI=1S/C25H32O7/c1-13(26)31-12-21(30)18-6-5-17-16-10-22(32-14(2)27)19-9-15(28)7-8-24(19,3)23(16)20(29)11-25(17,18)4/h9,16-18,22-23H,5-8,10-12H2,1-4H3/t16-,17-,18+,22?,23+,24-,25-/m0/s1. The zero-order chi connectivity index (χ0) is 23.4. The van der Waals surface area contributed by atoms with E-state index in [0.717, 1.165) is 12.0 Å². The summed E-state index contributed by atoms with van der Waals surface area (Å²) in [5, 5.41) is 0. The van der Waals surface area contributed by atoms with Gasteiger partial charge in [-0.3, -0.25) is 24.0 Å². The molecule has 0 amide bonds. The van der Waals surface area contributed by atoms with Crippen LogP contribution in [0.4, 0.5) is 0 Å². The molecule has 32 heavy (non-hydrogen) atoms. The summed E-state index contributed by atoms with van der Waals surface area (Å²) in [5.74, 6) is -1.34. The number of carbonyl (C=O) groups excluding carboxylic acids is 5. The van der Waals surface area contributed by atoms with Crippen molar-refractivity contribution in [2.24, 2.45) is 34.5 Å². The highest BCUT2D eigenvalue weighted by Gasteiger charge is 2.64. The first-order valence-corrected chi connectivity index (χ1v) is 11.6. The van der Waals surface area contributed by atoms with Crippen LogP contribution in [0, 0.1) is 34.5 Å². The second-order valence-electron chi connectivity index (χ2n) is 10.6. The molecular formula is C25H32O7. The molecule has 7 nitrogen and oxygen atoms in total. The van der Waals surface area contributed by atoms with Crippen molar-refractivity contribution >= 4 is 29.3 Å². The Kier molecular flexibility index (Phi) is 5.66. The average molecular weight is 445 g/mol. The van der Waals surface area contributed by atoms with E-state index in [0.29, 0.717) is 32.1 Å². The lowest BCUT2D eigenvalue weighted by molar-refractivity contribution is -0.161. The summed E-state index contributed by atoms with van der Waals surface area (Å²) in [4.78, 5) is 61.8.